The molecule has 0 aliphatic carbocycles. The molecule has 2 aromatic rings. The van der Waals surface area contributed by atoms with Gasteiger partial charge >= 0.3 is 0 Å². The highest BCUT2D eigenvalue weighted by molar-refractivity contribution is 5.94. The van der Waals surface area contributed by atoms with Crippen molar-refractivity contribution >= 4 is 23.0 Å². The average Bonchev–Trinajstić information content (AvgIpc) is 2.45. The molecule has 110 valence electrons. The van der Waals surface area contributed by atoms with Crippen LogP contribution in [0, 0.1) is 5.82 Å². The monoisotopic (exact) mass is 287 g/mol. The Hall–Kier alpha value is -2.56. The maximum absolute atomic E-state index is 13.0. The second kappa shape index (κ2) is 6.74. The topological polar surface area (TPSA) is 44.4 Å². The van der Waals surface area contributed by atoms with Crippen LogP contribution in [0.3, 0.4) is 0 Å². The first-order valence-electron chi connectivity index (χ1n) is 6.62. The van der Waals surface area contributed by atoms with Gasteiger partial charge in [-0.05, 0) is 30.3 Å². The molecule has 2 aromatic carbocycles. The van der Waals surface area contributed by atoms with Gasteiger partial charge in [0.05, 0.1) is 17.9 Å². The van der Waals surface area contributed by atoms with E-state index in [4.69, 9.17) is 0 Å². The van der Waals surface area contributed by atoms with Crippen molar-refractivity contribution in [3.05, 3.63) is 54.3 Å². The third kappa shape index (κ3) is 4.21. The lowest BCUT2D eigenvalue weighted by molar-refractivity contribution is -0.114. The van der Waals surface area contributed by atoms with Gasteiger partial charge in [-0.25, -0.2) is 4.39 Å². The quantitative estimate of drug-likeness (QED) is 0.888. The zero-order chi connectivity index (χ0) is 15.2. The van der Waals surface area contributed by atoms with Crippen molar-refractivity contribution in [3.63, 3.8) is 0 Å². The van der Waals surface area contributed by atoms with Crippen LogP contribution in [0.15, 0.2) is 48.5 Å². The smallest absolute Gasteiger partial charge is 0.243 e. The van der Waals surface area contributed by atoms with Crippen LogP contribution in [0.4, 0.5) is 21.5 Å². The van der Waals surface area contributed by atoms with Crippen molar-refractivity contribution < 1.29 is 9.18 Å². The van der Waals surface area contributed by atoms with Crippen LogP contribution in [-0.4, -0.2) is 26.5 Å². The predicted octanol–water partition coefficient (Wildman–Crippen LogP) is 2.94. The minimum absolute atomic E-state index is 0.112. The Morgan fingerprint density at radius 2 is 1.90 bits per heavy atom. The SMILES string of the molecule is CN(C)c1ccccc1NCC(=O)Nc1cccc(F)c1. The van der Waals surface area contributed by atoms with Crippen molar-refractivity contribution in [1.29, 1.82) is 0 Å². The fraction of sp³-hybridized carbons (Fsp3) is 0.188. The standard InChI is InChI=1S/C16H18FN3O/c1-20(2)15-9-4-3-8-14(15)18-11-16(21)19-13-7-5-6-12(17)10-13/h3-10,18H,11H2,1-2H3,(H,19,21). The molecule has 0 heterocycles. The minimum atomic E-state index is -0.376. The first-order chi connectivity index (χ1) is 10.1. The molecule has 2 rings (SSSR count). The Morgan fingerprint density at radius 1 is 1.14 bits per heavy atom. The van der Waals surface area contributed by atoms with Crippen molar-refractivity contribution in [2.45, 2.75) is 0 Å². The molecule has 0 radical (unpaired) electrons. The van der Waals surface area contributed by atoms with Gasteiger partial charge < -0.3 is 15.5 Å². The molecule has 0 bridgehead atoms. The van der Waals surface area contributed by atoms with Gasteiger partial charge in [-0.15, -0.1) is 0 Å². The number of rotatable bonds is 5. The van der Waals surface area contributed by atoms with Gasteiger partial charge in [-0.1, -0.05) is 18.2 Å². The molecule has 0 saturated heterocycles. The molecule has 5 heteroatoms. The number of anilines is 3. The Morgan fingerprint density at radius 3 is 2.62 bits per heavy atom. The first kappa shape index (κ1) is 14.8. The number of hydrogen-bond donors (Lipinski definition) is 2. The summed E-state index contributed by atoms with van der Waals surface area (Å²) in [5.74, 6) is -0.604. The van der Waals surface area contributed by atoms with Gasteiger partial charge in [0.15, 0.2) is 0 Å². The van der Waals surface area contributed by atoms with E-state index in [9.17, 15) is 9.18 Å². The van der Waals surface area contributed by atoms with E-state index in [0.29, 0.717) is 5.69 Å². The number of nitrogens with one attached hydrogen (secondary N) is 2. The largest absolute Gasteiger partial charge is 0.376 e. The summed E-state index contributed by atoms with van der Waals surface area (Å²) in [5.41, 5.74) is 2.32. The molecule has 4 nitrogen and oxygen atoms in total. The summed E-state index contributed by atoms with van der Waals surface area (Å²) in [4.78, 5) is 13.8. The lowest BCUT2D eigenvalue weighted by atomic mass is 10.2. The van der Waals surface area contributed by atoms with Crippen LogP contribution in [0.1, 0.15) is 0 Å². The van der Waals surface area contributed by atoms with E-state index in [0.717, 1.165) is 11.4 Å². The first-order valence-corrected chi connectivity index (χ1v) is 6.62. The van der Waals surface area contributed by atoms with Crippen molar-refractivity contribution in [3.8, 4) is 0 Å². The van der Waals surface area contributed by atoms with E-state index in [2.05, 4.69) is 10.6 Å². The molecule has 2 N–H and O–H groups in total. The molecule has 0 aliphatic rings. The molecule has 0 spiro atoms. The summed E-state index contributed by atoms with van der Waals surface area (Å²) in [6.45, 7) is 0.112. The third-order valence-corrected chi connectivity index (χ3v) is 2.93. The summed E-state index contributed by atoms with van der Waals surface area (Å²) in [6, 6.07) is 13.5. The lowest BCUT2D eigenvalue weighted by Gasteiger charge is -2.18. The van der Waals surface area contributed by atoms with Crippen molar-refractivity contribution in [1.82, 2.24) is 0 Å². The van der Waals surface area contributed by atoms with Crippen LogP contribution >= 0.6 is 0 Å². The van der Waals surface area contributed by atoms with Crippen LogP contribution in [0.5, 0.6) is 0 Å². The second-order valence-corrected chi connectivity index (χ2v) is 4.82. The molecule has 0 saturated carbocycles. The van der Waals surface area contributed by atoms with Crippen LogP contribution < -0.4 is 15.5 Å². The summed E-state index contributed by atoms with van der Waals surface area (Å²) in [5, 5.41) is 5.73. The zero-order valence-corrected chi connectivity index (χ0v) is 12.1. The highest BCUT2D eigenvalue weighted by Gasteiger charge is 2.06. The van der Waals surface area contributed by atoms with E-state index >= 15 is 0 Å². The minimum Gasteiger partial charge on any atom is -0.376 e. The molecule has 21 heavy (non-hydrogen) atoms. The highest BCUT2D eigenvalue weighted by atomic mass is 19.1. The number of carbonyl (C=O) groups excluding carboxylic acids is 1. The Balaban J connectivity index is 1.95. The highest BCUT2D eigenvalue weighted by Crippen LogP contribution is 2.23. The number of benzene rings is 2. The van der Waals surface area contributed by atoms with Gasteiger partial charge in [-0.2, -0.15) is 0 Å². The van der Waals surface area contributed by atoms with E-state index in [1.807, 2.05) is 43.3 Å². The molecule has 0 aromatic heterocycles. The summed E-state index contributed by atoms with van der Waals surface area (Å²) >= 11 is 0. The maximum Gasteiger partial charge on any atom is 0.243 e. The number of carbonyl (C=O) groups is 1. The van der Waals surface area contributed by atoms with E-state index in [-0.39, 0.29) is 18.3 Å². The molecule has 0 fully saturated rings. The van der Waals surface area contributed by atoms with Crippen LogP contribution in [-0.2, 0) is 4.79 Å². The van der Waals surface area contributed by atoms with Crippen LogP contribution in [0.2, 0.25) is 0 Å². The van der Waals surface area contributed by atoms with Crippen molar-refractivity contribution in [2.75, 3.05) is 36.2 Å². The molecule has 0 atom stereocenters. The van der Waals surface area contributed by atoms with Gasteiger partial charge in [0.1, 0.15) is 5.82 Å². The molecular weight excluding hydrogens is 269 g/mol. The molecule has 0 unspecified atom stereocenters. The van der Waals surface area contributed by atoms with E-state index in [1.165, 1.54) is 12.1 Å². The lowest BCUT2D eigenvalue weighted by Crippen LogP contribution is -2.22. The predicted molar refractivity (Wildman–Crippen MR) is 84.3 cm³/mol. The summed E-state index contributed by atoms with van der Waals surface area (Å²) in [7, 11) is 3.88. The number of hydrogen-bond acceptors (Lipinski definition) is 3. The van der Waals surface area contributed by atoms with Crippen molar-refractivity contribution in [2.24, 2.45) is 0 Å². The summed E-state index contributed by atoms with van der Waals surface area (Å²) in [6.07, 6.45) is 0. The van der Waals surface area contributed by atoms with Gasteiger partial charge in [0.2, 0.25) is 5.91 Å². The molecular formula is C16H18FN3O. The van der Waals surface area contributed by atoms with Crippen LogP contribution in [0.25, 0.3) is 0 Å². The van der Waals surface area contributed by atoms with Gasteiger partial charge in [0.25, 0.3) is 0 Å². The van der Waals surface area contributed by atoms with E-state index in [1.54, 1.807) is 12.1 Å². The second-order valence-electron chi connectivity index (χ2n) is 4.82. The Bertz CT molecular complexity index is 628. The van der Waals surface area contributed by atoms with E-state index < -0.39 is 0 Å². The van der Waals surface area contributed by atoms with Gasteiger partial charge in [0, 0.05) is 19.8 Å². The number of halogens is 1. The Kier molecular flexibility index (Phi) is 4.77. The third-order valence-electron chi connectivity index (χ3n) is 2.93. The normalized spacial score (nSPS) is 10.0. The average molecular weight is 287 g/mol. The number of amides is 1. The fourth-order valence-electron chi connectivity index (χ4n) is 1.96. The maximum atomic E-state index is 13.0. The zero-order valence-electron chi connectivity index (χ0n) is 12.1. The fourth-order valence-corrected chi connectivity index (χ4v) is 1.96. The van der Waals surface area contributed by atoms with Gasteiger partial charge in [-0.3, -0.25) is 4.79 Å². The number of nitrogens with zero attached hydrogens (tertiary/aromatic N) is 1. The molecule has 1 amide bonds. The summed E-state index contributed by atoms with van der Waals surface area (Å²) < 4.78 is 13.0. The number of para-hydroxylation sites is 2. The molecule has 0 aliphatic heterocycles. The Labute approximate surface area is 123 Å².